The lowest BCUT2D eigenvalue weighted by Gasteiger charge is -2.29. The highest BCUT2D eigenvalue weighted by Gasteiger charge is 2.42. The Labute approximate surface area is 116 Å². The third-order valence-corrected chi connectivity index (χ3v) is 3.06. The van der Waals surface area contributed by atoms with Gasteiger partial charge in [-0.25, -0.2) is 0 Å². The van der Waals surface area contributed by atoms with Gasteiger partial charge in [0.05, 0.1) is 6.26 Å². The normalized spacial score (nSPS) is 13.4. The van der Waals surface area contributed by atoms with E-state index in [1.807, 2.05) is 30.3 Å². The van der Waals surface area contributed by atoms with Gasteiger partial charge in [0, 0.05) is 13.3 Å². The lowest BCUT2D eigenvalue weighted by atomic mass is 9.87. The van der Waals surface area contributed by atoms with Gasteiger partial charge in [-0.05, 0) is 17.7 Å². The lowest BCUT2D eigenvalue weighted by Crippen LogP contribution is -2.55. The van der Waals surface area contributed by atoms with Gasteiger partial charge < -0.3 is 15.5 Å². The van der Waals surface area contributed by atoms with E-state index >= 15 is 0 Å². The van der Waals surface area contributed by atoms with E-state index in [1.54, 1.807) is 12.1 Å². The molecule has 1 atom stereocenters. The maximum absolute atomic E-state index is 12.0. The van der Waals surface area contributed by atoms with Crippen LogP contribution in [0.5, 0.6) is 0 Å². The third kappa shape index (κ3) is 2.71. The van der Waals surface area contributed by atoms with E-state index in [2.05, 4.69) is 5.32 Å². The topological polar surface area (TPSA) is 85.3 Å². The van der Waals surface area contributed by atoms with Crippen LogP contribution in [0.2, 0.25) is 0 Å². The predicted molar refractivity (Wildman–Crippen MR) is 73.5 cm³/mol. The van der Waals surface area contributed by atoms with Crippen molar-refractivity contribution in [1.82, 2.24) is 5.32 Å². The number of rotatable bonds is 5. The van der Waals surface area contributed by atoms with Crippen LogP contribution in [-0.4, -0.2) is 11.8 Å². The summed E-state index contributed by atoms with van der Waals surface area (Å²) in [7, 11) is 0. The summed E-state index contributed by atoms with van der Waals surface area (Å²) in [4.78, 5) is 23.5. The summed E-state index contributed by atoms with van der Waals surface area (Å²) >= 11 is 0. The molecule has 0 aliphatic carbocycles. The van der Waals surface area contributed by atoms with Crippen LogP contribution in [0.15, 0.2) is 53.1 Å². The highest BCUT2D eigenvalue weighted by molar-refractivity contribution is 5.90. The van der Waals surface area contributed by atoms with Crippen LogP contribution in [0, 0.1) is 0 Å². The summed E-state index contributed by atoms with van der Waals surface area (Å²) in [6.45, 7) is 1.34. The smallest absolute Gasteiger partial charge is 0.251 e. The van der Waals surface area contributed by atoms with Gasteiger partial charge in [-0.2, -0.15) is 0 Å². The molecule has 1 aromatic heterocycles. The number of hydrogen-bond donors (Lipinski definition) is 2. The summed E-state index contributed by atoms with van der Waals surface area (Å²) in [5, 5.41) is 2.64. The molecule has 0 spiro atoms. The number of amides is 2. The number of carbonyl (C=O) groups excluding carboxylic acids is 2. The summed E-state index contributed by atoms with van der Waals surface area (Å²) < 4.78 is 5.32. The Kier molecular flexibility index (Phi) is 3.89. The van der Waals surface area contributed by atoms with E-state index in [9.17, 15) is 9.59 Å². The monoisotopic (exact) mass is 272 g/mol. The SMILES string of the molecule is CC(=O)NC(Cc1ccccc1)(C(N)=O)c1ccco1. The Hall–Kier alpha value is -2.56. The average Bonchev–Trinajstić information content (AvgIpc) is 2.92. The molecule has 1 heterocycles. The van der Waals surface area contributed by atoms with Crippen molar-refractivity contribution < 1.29 is 14.0 Å². The number of nitrogens with two attached hydrogens (primary N) is 1. The minimum atomic E-state index is -1.38. The fraction of sp³-hybridized carbons (Fsp3) is 0.200. The number of benzene rings is 1. The number of furan rings is 1. The fourth-order valence-corrected chi connectivity index (χ4v) is 2.19. The quantitative estimate of drug-likeness (QED) is 0.861. The second-order valence-electron chi connectivity index (χ2n) is 4.59. The molecule has 5 nitrogen and oxygen atoms in total. The molecule has 0 aliphatic heterocycles. The first-order valence-electron chi connectivity index (χ1n) is 6.21. The Morgan fingerprint density at radius 1 is 1.20 bits per heavy atom. The maximum Gasteiger partial charge on any atom is 0.251 e. The second kappa shape index (κ2) is 5.61. The zero-order valence-corrected chi connectivity index (χ0v) is 11.1. The highest BCUT2D eigenvalue weighted by atomic mass is 16.3. The van der Waals surface area contributed by atoms with Crippen LogP contribution in [0.3, 0.4) is 0 Å². The molecule has 0 bridgehead atoms. The zero-order chi connectivity index (χ0) is 14.6. The van der Waals surface area contributed by atoms with Gasteiger partial charge in [-0.15, -0.1) is 0 Å². The van der Waals surface area contributed by atoms with Crippen LogP contribution >= 0.6 is 0 Å². The number of carbonyl (C=O) groups is 2. The highest BCUT2D eigenvalue weighted by Crippen LogP contribution is 2.26. The van der Waals surface area contributed by atoms with Crippen LogP contribution < -0.4 is 11.1 Å². The lowest BCUT2D eigenvalue weighted by molar-refractivity contribution is -0.131. The van der Waals surface area contributed by atoms with Crippen molar-refractivity contribution in [2.45, 2.75) is 18.9 Å². The van der Waals surface area contributed by atoms with E-state index in [4.69, 9.17) is 10.2 Å². The Balaban J connectivity index is 2.46. The maximum atomic E-state index is 12.0. The molecule has 1 aromatic carbocycles. The third-order valence-electron chi connectivity index (χ3n) is 3.06. The molecule has 1 unspecified atom stereocenters. The number of primary amides is 1. The van der Waals surface area contributed by atoms with Gasteiger partial charge in [-0.3, -0.25) is 9.59 Å². The zero-order valence-electron chi connectivity index (χ0n) is 11.1. The molecule has 0 radical (unpaired) electrons. The van der Waals surface area contributed by atoms with Crippen LogP contribution in [0.25, 0.3) is 0 Å². The molecule has 20 heavy (non-hydrogen) atoms. The van der Waals surface area contributed by atoms with Crippen LogP contribution in [0.4, 0.5) is 0 Å². The molecule has 2 aromatic rings. The Morgan fingerprint density at radius 3 is 2.40 bits per heavy atom. The first-order valence-corrected chi connectivity index (χ1v) is 6.21. The summed E-state index contributed by atoms with van der Waals surface area (Å²) in [5.74, 6) is -0.688. The molecule has 0 aliphatic rings. The molecule has 0 saturated heterocycles. The molecule has 2 rings (SSSR count). The van der Waals surface area contributed by atoms with Crippen molar-refractivity contribution >= 4 is 11.8 Å². The van der Waals surface area contributed by atoms with Crippen LogP contribution in [0.1, 0.15) is 18.2 Å². The fourth-order valence-electron chi connectivity index (χ4n) is 2.19. The summed E-state index contributed by atoms with van der Waals surface area (Å²) in [6.07, 6.45) is 1.68. The van der Waals surface area contributed by atoms with Crippen molar-refractivity contribution in [3.63, 3.8) is 0 Å². The largest absolute Gasteiger partial charge is 0.466 e. The summed E-state index contributed by atoms with van der Waals surface area (Å²) in [6, 6.07) is 12.6. The van der Waals surface area contributed by atoms with Gasteiger partial charge in [0.1, 0.15) is 5.76 Å². The Morgan fingerprint density at radius 2 is 1.90 bits per heavy atom. The molecule has 104 valence electrons. The van der Waals surface area contributed by atoms with Gasteiger partial charge in [0.2, 0.25) is 5.91 Å². The summed E-state index contributed by atoms with van der Waals surface area (Å²) in [5.41, 5.74) is 5.04. The predicted octanol–water partition coefficient (Wildman–Crippen LogP) is 1.34. The van der Waals surface area contributed by atoms with Crippen molar-refractivity contribution in [3.8, 4) is 0 Å². The van der Waals surface area contributed by atoms with Gasteiger partial charge in [0.15, 0.2) is 5.54 Å². The standard InChI is InChI=1S/C15H16N2O3/c1-11(18)17-15(14(16)19,13-8-5-9-20-13)10-12-6-3-2-4-7-12/h2-9H,10H2,1H3,(H2,16,19)(H,17,18). The molecular formula is C15H16N2O3. The van der Waals surface area contributed by atoms with Crippen LogP contribution in [-0.2, 0) is 21.5 Å². The average molecular weight is 272 g/mol. The van der Waals surface area contributed by atoms with E-state index < -0.39 is 11.4 Å². The Bertz CT molecular complexity index is 593. The van der Waals surface area contributed by atoms with Crippen molar-refractivity contribution in [2.24, 2.45) is 5.73 Å². The van der Waals surface area contributed by atoms with Gasteiger partial charge >= 0.3 is 0 Å². The number of hydrogen-bond acceptors (Lipinski definition) is 3. The van der Waals surface area contributed by atoms with Gasteiger partial charge in [-0.1, -0.05) is 30.3 Å². The molecule has 5 heteroatoms. The van der Waals surface area contributed by atoms with E-state index in [1.165, 1.54) is 13.2 Å². The molecule has 2 amide bonds. The molecule has 3 N–H and O–H groups in total. The molecule has 0 fully saturated rings. The first kappa shape index (κ1) is 13.9. The minimum Gasteiger partial charge on any atom is -0.466 e. The van der Waals surface area contributed by atoms with Crippen molar-refractivity contribution in [3.05, 3.63) is 60.1 Å². The first-order chi connectivity index (χ1) is 9.54. The van der Waals surface area contributed by atoms with Crippen molar-refractivity contribution in [2.75, 3.05) is 0 Å². The minimum absolute atomic E-state index is 0.232. The van der Waals surface area contributed by atoms with Gasteiger partial charge in [0.25, 0.3) is 5.91 Å². The van der Waals surface area contributed by atoms with E-state index in [0.717, 1.165) is 5.56 Å². The van der Waals surface area contributed by atoms with Crippen molar-refractivity contribution in [1.29, 1.82) is 0 Å². The van der Waals surface area contributed by atoms with E-state index in [0.29, 0.717) is 5.76 Å². The number of nitrogens with one attached hydrogen (secondary N) is 1. The second-order valence-corrected chi connectivity index (χ2v) is 4.59. The molecular weight excluding hydrogens is 256 g/mol. The molecule has 0 saturated carbocycles. The van der Waals surface area contributed by atoms with E-state index in [-0.39, 0.29) is 12.3 Å².